The minimum Gasteiger partial charge on any atom is -0.493 e. The first kappa shape index (κ1) is 23.4. The molecule has 0 spiro atoms. The van der Waals surface area contributed by atoms with Crippen LogP contribution in [0.1, 0.15) is 29.0 Å². The molecule has 9 nitrogen and oxygen atoms in total. The number of rotatable bonds is 9. The van der Waals surface area contributed by atoms with Crippen molar-refractivity contribution in [2.45, 2.75) is 25.8 Å². The number of methoxy groups -OCH3 is 3. The number of carbonyl (C=O) groups excluding carboxylic acids is 2. The summed E-state index contributed by atoms with van der Waals surface area (Å²) >= 11 is 0. The predicted molar refractivity (Wildman–Crippen MR) is 128 cm³/mol. The zero-order chi connectivity index (χ0) is 24.1. The van der Waals surface area contributed by atoms with Crippen LogP contribution in [0.5, 0.6) is 17.2 Å². The van der Waals surface area contributed by atoms with Crippen LogP contribution in [0, 0.1) is 0 Å². The highest BCUT2D eigenvalue weighted by atomic mass is 16.5. The molecule has 3 aromatic rings. The van der Waals surface area contributed by atoms with Crippen molar-refractivity contribution in [1.29, 1.82) is 0 Å². The van der Waals surface area contributed by atoms with Gasteiger partial charge in [-0.1, -0.05) is 12.1 Å². The molecule has 1 aliphatic rings. The molecule has 0 radical (unpaired) electrons. The molecule has 34 heavy (non-hydrogen) atoms. The molecule has 1 N–H and O–H groups in total. The van der Waals surface area contributed by atoms with Gasteiger partial charge in [0.15, 0.2) is 11.5 Å². The average molecular weight is 467 g/mol. The van der Waals surface area contributed by atoms with Crippen LogP contribution in [0.4, 0.5) is 0 Å². The maximum Gasteiger partial charge on any atom is 0.251 e. The molecule has 1 saturated heterocycles. The molecule has 180 valence electrons. The van der Waals surface area contributed by atoms with Gasteiger partial charge in [0.05, 0.1) is 32.4 Å². The number of hydrogen-bond donors (Lipinski definition) is 1. The van der Waals surface area contributed by atoms with Crippen LogP contribution in [0.25, 0.3) is 11.0 Å². The summed E-state index contributed by atoms with van der Waals surface area (Å²) in [6.45, 7) is 2.23. The number of amides is 2. The van der Waals surface area contributed by atoms with Crippen LogP contribution in [-0.4, -0.2) is 67.2 Å². The molecule has 1 aromatic heterocycles. The summed E-state index contributed by atoms with van der Waals surface area (Å²) in [7, 11) is 4.53. The van der Waals surface area contributed by atoms with Crippen LogP contribution in [0.3, 0.4) is 0 Å². The SMILES string of the molecule is COc1cc(C(=O)NCCc2nc3ccccc3n2CC(=O)N2CCCC2)cc(OC)c1OC. The van der Waals surface area contributed by atoms with Crippen molar-refractivity contribution < 1.29 is 23.8 Å². The standard InChI is InChI=1S/C25H30N4O5/c1-32-20-14-17(15-21(33-2)24(20)34-3)25(31)26-11-10-22-27-18-8-4-5-9-19(18)29(22)16-23(30)28-12-6-7-13-28/h4-5,8-9,14-15H,6-7,10-13,16H2,1-3H3,(H,26,31). The van der Waals surface area contributed by atoms with E-state index in [1.807, 2.05) is 33.7 Å². The highest BCUT2D eigenvalue weighted by Crippen LogP contribution is 2.38. The number of nitrogens with one attached hydrogen (secondary N) is 1. The van der Waals surface area contributed by atoms with Crippen LogP contribution in [0.2, 0.25) is 0 Å². The van der Waals surface area contributed by atoms with Gasteiger partial charge in [0.25, 0.3) is 5.91 Å². The molecule has 0 atom stereocenters. The largest absolute Gasteiger partial charge is 0.493 e. The van der Waals surface area contributed by atoms with Crippen LogP contribution in [0.15, 0.2) is 36.4 Å². The van der Waals surface area contributed by atoms with Crippen molar-refractivity contribution in [2.75, 3.05) is 41.0 Å². The Balaban J connectivity index is 1.48. The van der Waals surface area contributed by atoms with Gasteiger partial charge in [0.1, 0.15) is 12.4 Å². The molecule has 0 unspecified atom stereocenters. The zero-order valence-corrected chi connectivity index (χ0v) is 19.8. The maximum absolute atomic E-state index is 12.8. The number of imidazole rings is 1. The lowest BCUT2D eigenvalue weighted by Crippen LogP contribution is -2.32. The van der Waals surface area contributed by atoms with E-state index in [0.717, 1.165) is 42.8 Å². The zero-order valence-electron chi connectivity index (χ0n) is 19.8. The number of hydrogen-bond acceptors (Lipinski definition) is 6. The van der Waals surface area contributed by atoms with Crippen LogP contribution in [-0.2, 0) is 17.8 Å². The van der Waals surface area contributed by atoms with Crippen LogP contribution >= 0.6 is 0 Å². The van der Waals surface area contributed by atoms with Gasteiger partial charge < -0.3 is 29.0 Å². The van der Waals surface area contributed by atoms with Gasteiger partial charge in [0, 0.05) is 31.6 Å². The Morgan fingerprint density at radius 1 is 1.00 bits per heavy atom. The molecule has 0 bridgehead atoms. The van der Waals surface area contributed by atoms with E-state index in [9.17, 15) is 9.59 Å². The van der Waals surface area contributed by atoms with Crippen molar-refractivity contribution in [3.63, 3.8) is 0 Å². The Hall–Kier alpha value is -3.75. The smallest absolute Gasteiger partial charge is 0.251 e. The molecule has 2 aromatic carbocycles. The molecule has 4 rings (SSSR count). The number of carbonyl (C=O) groups is 2. The van der Waals surface area contributed by atoms with E-state index < -0.39 is 0 Å². The van der Waals surface area contributed by atoms with Crippen molar-refractivity contribution in [2.24, 2.45) is 0 Å². The fourth-order valence-corrected chi connectivity index (χ4v) is 4.30. The molecular weight excluding hydrogens is 436 g/mol. The minimum absolute atomic E-state index is 0.100. The first-order valence-electron chi connectivity index (χ1n) is 11.4. The molecule has 2 heterocycles. The number of aromatic nitrogens is 2. The molecular formula is C25H30N4O5. The summed E-state index contributed by atoms with van der Waals surface area (Å²) in [5.74, 6) is 1.85. The number of ether oxygens (including phenoxy) is 3. The number of para-hydroxylation sites is 2. The normalized spacial score (nSPS) is 13.2. The van der Waals surface area contributed by atoms with Gasteiger partial charge in [-0.25, -0.2) is 4.98 Å². The molecule has 1 fully saturated rings. The lowest BCUT2D eigenvalue weighted by atomic mass is 10.1. The van der Waals surface area contributed by atoms with Crippen molar-refractivity contribution in [1.82, 2.24) is 19.8 Å². The average Bonchev–Trinajstić information content (AvgIpc) is 3.52. The van der Waals surface area contributed by atoms with Gasteiger partial charge >= 0.3 is 0 Å². The monoisotopic (exact) mass is 466 g/mol. The van der Waals surface area contributed by atoms with E-state index in [0.29, 0.717) is 35.8 Å². The van der Waals surface area contributed by atoms with E-state index in [1.54, 1.807) is 12.1 Å². The maximum atomic E-state index is 12.8. The Morgan fingerprint density at radius 3 is 2.32 bits per heavy atom. The quantitative estimate of drug-likeness (QED) is 0.521. The van der Waals surface area contributed by atoms with Gasteiger partial charge in [-0.3, -0.25) is 9.59 Å². The Bertz CT molecular complexity index is 1160. The summed E-state index contributed by atoms with van der Waals surface area (Å²) in [4.78, 5) is 32.3. The lowest BCUT2D eigenvalue weighted by molar-refractivity contribution is -0.130. The fourth-order valence-electron chi connectivity index (χ4n) is 4.30. The third kappa shape index (κ3) is 4.78. The van der Waals surface area contributed by atoms with Gasteiger partial charge in [0.2, 0.25) is 11.7 Å². The molecule has 0 aliphatic carbocycles. The predicted octanol–water partition coefficient (Wildman–Crippen LogP) is 2.66. The van der Waals surface area contributed by atoms with E-state index in [2.05, 4.69) is 5.32 Å². The van der Waals surface area contributed by atoms with Gasteiger partial charge in [-0.2, -0.15) is 0 Å². The van der Waals surface area contributed by atoms with Crippen molar-refractivity contribution in [3.8, 4) is 17.2 Å². The fraction of sp³-hybridized carbons (Fsp3) is 0.400. The molecule has 1 aliphatic heterocycles. The third-order valence-corrected chi connectivity index (χ3v) is 6.05. The number of nitrogens with zero attached hydrogens (tertiary/aromatic N) is 3. The Kier molecular flexibility index (Phi) is 7.20. The lowest BCUT2D eigenvalue weighted by Gasteiger charge is -2.17. The van der Waals surface area contributed by atoms with E-state index >= 15 is 0 Å². The van der Waals surface area contributed by atoms with E-state index in [-0.39, 0.29) is 18.4 Å². The summed E-state index contributed by atoms with van der Waals surface area (Å²) in [5.41, 5.74) is 2.15. The number of fused-ring (bicyclic) bond motifs is 1. The molecule has 9 heteroatoms. The van der Waals surface area contributed by atoms with Gasteiger partial charge in [-0.15, -0.1) is 0 Å². The van der Waals surface area contributed by atoms with Gasteiger partial charge in [-0.05, 0) is 37.1 Å². The highest BCUT2D eigenvalue weighted by molar-refractivity contribution is 5.95. The second-order valence-corrected chi connectivity index (χ2v) is 8.11. The summed E-state index contributed by atoms with van der Waals surface area (Å²) < 4.78 is 18.0. The third-order valence-electron chi connectivity index (χ3n) is 6.05. The first-order chi connectivity index (χ1) is 16.5. The summed E-state index contributed by atoms with van der Waals surface area (Å²) in [6.07, 6.45) is 2.59. The number of likely N-dealkylation sites (tertiary alicyclic amines) is 1. The minimum atomic E-state index is -0.268. The van der Waals surface area contributed by atoms with Crippen molar-refractivity contribution in [3.05, 3.63) is 47.8 Å². The summed E-state index contributed by atoms with van der Waals surface area (Å²) in [5, 5.41) is 2.93. The topological polar surface area (TPSA) is 94.9 Å². The highest BCUT2D eigenvalue weighted by Gasteiger charge is 2.21. The Labute approximate surface area is 198 Å². The van der Waals surface area contributed by atoms with Crippen LogP contribution < -0.4 is 19.5 Å². The molecule has 2 amide bonds. The van der Waals surface area contributed by atoms with E-state index in [1.165, 1.54) is 21.3 Å². The van der Waals surface area contributed by atoms with Crippen molar-refractivity contribution >= 4 is 22.8 Å². The second-order valence-electron chi connectivity index (χ2n) is 8.11. The summed E-state index contributed by atoms with van der Waals surface area (Å²) in [6, 6.07) is 11.0. The first-order valence-corrected chi connectivity index (χ1v) is 11.4. The van der Waals surface area contributed by atoms with E-state index in [4.69, 9.17) is 19.2 Å². The second kappa shape index (κ2) is 10.5. The number of benzene rings is 2. The molecule has 0 saturated carbocycles. The Morgan fingerprint density at radius 2 is 1.68 bits per heavy atom.